The molecule has 1 heterocycles. The molecule has 0 amide bonds. The van der Waals surface area contributed by atoms with Gasteiger partial charge < -0.3 is 10.1 Å². The fourth-order valence-electron chi connectivity index (χ4n) is 1.51. The van der Waals surface area contributed by atoms with Crippen LogP contribution in [0, 0.1) is 5.41 Å². The van der Waals surface area contributed by atoms with Crippen molar-refractivity contribution in [2.75, 3.05) is 13.7 Å². The number of carbonyl (C=O) groups excluding carboxylic acids is 1. The zero-order chi connectivity index (χ0) is 12.9. The summed E-state index contributed by atoms with van der Waals surface area (Å²) in [6.45, 7) is 6.34. The predicted octanol–water partition coefficient (Wildman–Crippen LogP) is 1.93. The monoisotopic (exact) mass is 236 g/mol. The number of nitrogens with zero attached hydrogens (tertiary/aromatic N) is 1. The molecule has 94 valence electrons. The van der Waals surface area contributed by atoms with Crippen LogP contribution in [0.3, 0.4) is 0 Å². The van der Waals surface area contributed by atoms with Gasteiger partial charge in [0.1, 0.15) is 0 Å². The smallest absolute Gasteiger partial charge is 0.312 e. The normalized spacial score (nSPS) is 13.2. The number of hydrogen-bond donors (Lipinski definition) is 1. The van der Waals surface area contributed by atoms with Crippen molar-refractivity contribution < 1.29 is 9.53 Å². The van der Waals surface area contributed by atoms with Gasteiger partial charge in [0.05, 0.1) is 12.5 Å². The van der Waals surface area contributed by atoms with Gasteiger partial charge in [-0.3, -0.25) is 9.78 Å². The molecule has 4 nitrogen and oxygen atoms in total. The largest absolute Gasteiger partial charge is 0.469 e. The van der Waals surface area contributed by atoms with Gasteiger partial charge in [-0.1, -0.05) is 6.07 Å². The molecule has 0 aliphatic heterocycles. The van der Waals surface area contributed by atoms with Gasteiger partial charge in [-0.25, -0.2) is 0 Å². The Hall–Kier alpha value is -1.42. The number of hydrogen-bond acceptors (Lipinski definition) is 4. The fraction of sp³-hybridized carbons (Fsp3) is 0.538. The van der Waals surface area contributed by atoms with E-state index < -0.39 is 5.41 Å². The first-order chi connectivity index (χ1) is 7.97. The lowest BCUT2D eigenvalue weighted by molar-refractivity contribution is -0.150. The third-order valence-electron chi connectivity index (χ3n) is 2.77. The predicted molar refractivity (Wildman–Crippen MR) is 66.5 cm³/mol. The van der Waals surface area contributed by atoms with E-state index in [2.05, 4.69) is 10.3 Å². The molecule has 1 aromatic heterocycles. The Balaban J connectivity index is 2.54. The highest BCUT2D eigenvalue weighted by Crippen LogP contribution is 2.18. The molecule has 1 atom stereocenters. The van der Waals surface area contributed by atoms with Crippen molar-refractivity contribution in [3.8, 4) is 0 Å². The highest BCUT2D eigenvalue weighted by atomic mass is 16.5. The van der Waals surface area contributed by atoms with Gasteiger partial charge in [0.2, 0.25) is 0 Å². The summed E-state index contributed by atoms with van der Waals surface area (Å²) in [5.74, 6) is -0.205. The molecule has 1 unspecified atom stereocenters. The first kappa shape index (κ1) is 13.6. The van der Waals surface area contributed by atoms with Gasteiger partial charge in [-0.2, -0.15) is 0 Å². The highest BCUT2D eigenvalue weighted by molar-refractivity contribution is 5.76. The molecular formula is C13H20N2O2. The van der Waals surface area contributed by atoms with E-state index in [1.807, 2.05) is 39.1 Å². The van der Waals surface area contributed by atoms with Crippen LogP contribution in [0.15, 0.2) is 24.5 Å². The van der Waals surface area contributed by atoms with Crippen molar-refractivity contribution in [2.45, 2.75) is 26.8 Å². The lowest BCUT2D eigenvalue weighted by Crippen LogP contribution is -2.38. The van der Waals surface area contributed by atoms with Crippen molar-refractivity contribution in [2.24, 2.45) is 5.41 Å². The fourth-order valence-corrected chi connectivity index (χ4v) is 1.51. The topological polar surface area (TPSA) is 51.2 Å². The number of methoxy groups -OCH3 is 1. The summed E-state index contributed by atoms with van der Waals surface area (Å²) < 4.78 is 4.76. The SMILES string of the molecule is COC(=O)C(C)(C)CNC(C)c1cccnc1. The lowest BCUT2D eigenvalue weighted by Gasteiger charge is -2.24. The number of aromatic nitrogens is 1. The van der Waals surface area contributed by atoms with E-state index in [9.17, 15) is 4.79 Å². The molecule has 0 bridgehead atoms. The molecular weight excluding hydrogens is 216 g/mol. The Bertz CT molecular complexity index is 363. The standard InChI is InChI=1S/C13H20N2O2/c1-10(11-6-5-7-14-8-11)15-9-13(2,3)12(16)17-4/h5-8,10,15H,9H2,1-4H3. The van der Waals surface area contributed by atoms with Crippen molar-refractivity contribution in [1.82, 2.24) is 10.3 Å². The average molecular weight is 236 g/mol. The summed E-state index contributed by atoms with van der Waals surface area (Å²) in [5.41, 5.74) is 0.582. The molecule has 0 saturated heterocycles. The highest BCUT2D eigenvalue weighted by Gasteiger charge is 2.28. The van der Waals surface area contributed by atoms with E-state index >= 15 is 0 Å². The molecule has 0 aromatic carbocycles. The number of rotatable bonds is 5. The Morgan fingerprint density at radius 1 is 1.59 bits per heavy atom. The number of nitrogens with one attached hydrogen (secondary N) is 1. The molecule has 17 heavy (non-hydrogen) atoms. The summed E-state index contributed by atoms with van der Waals surface area (Å²) in [5, 5.41) is 3.31. The van der Waals surface area contributed by atoms with Gasteiger partial charge in [0.25, 0.3) is 0 Å². The zero-order valence-corrected chi connectivity index (χ0v) is 10.9. The molecule has 1 aromatic rings. The molecule has 4 heteroatoms. The van der Waals surface area contributed by atoms with E-state index in [4.69, 9.17) is 4.74 Å². The third kappa shape index (κ3) is 3.82. The summed E-state index contributed by atoms with van der Waals surface area (Å²) in [4.78, 5) is 15.6. The van der Waals surface area contributed by atoms with Crippen molar-refractivity contribution in [3.05, 3.63) is 30.1 Å². The van der Waals surface area contributed by atoms with Crippen LogP contribution in [0.25, 0.3) is 0 Å². The Morgan fingerprint density at radius 2 is 2.29 bits per heavy atom. The minimum atomic E-state index is -0.523. The molecule has 0 aliphatic carbocycles. The summed E-state index contributed by atoms with van der Waals surface area (Å²) >= 11 is 0. The van der Waals surface area contributed by atoms with Crippen LogP contribution < -0.4 is 5.32 Å². The zero-order valence-electron chi connectivity index (χ0n) is 10.9. The number of pyridine rings is 1. The first-order valence-corrected chi connectivity index (χ1v) is 5.69. The van der Waals surface area contributed by atoms with Crippen molar-refractivity contribution in [1.29, 1.82) is 0 Å². The van der Waals surface area contributed by atoms with E-state index in [-0.39, 0.29) is 12.0 Å². The molecule has 1 N–H and O–H groups in total. The van der Waals surface area contributed by atoms with Crippen LogP contribution in [-0.4, -0.2) is 24.6 Å². The van der Waals surface area contributed by atoms with Crippen LogP contribution in [0.2, 0.25) is 0 Å². The van der Waals surface area contributed by atoms with Gasteiger partial charge >= 0.3 is 5.97 Å². The van der Waals surface area contributed by atoms with Gasteiger partial charge in [-0.05, 0) is 32.4 Å². The van der Waals surface area contributed by atoms with Crippen LogP contribution in [-0.2, 0) is 9.53 Å². The van der Waals surface area contributed by atoms with Crippen LogP contribution in [0.1, 0.15) is 32.4 Å². The Morgan fingerprint density at radius 3 is 2.82 bits per heavy atom. The number of carbonyl (C=O) groups is 1. The Labute approximate surface area is 102 Å². The molecule has 0 aliphatic rings. The number of ether oxygens (including phenoxy) is 1. The van der Waals surface area contributed by atoms with Crippen LogP contribution in [0.5, 0.6) is 0 Å². The van der Waals surface area contributed by atoms with E-state index in [1.165, 1.54) is 7.11 Å². The summed E-state index contributed by atoms with van der Waals surface area (Å²) in [6, 6.07) is 4.07. The maximum atomic E-state index is 11.5. The quantitative estimate of drug-likeness (QED) is 0.794. The summed E-state index contributed by atoms with van der Waals surface area (Å²) in [7, 11) is 1.41. The van der Waals surface area contributed by atoms with E-state index in [0.29, 0.717) is 6.54 Å². The maximum absolute atomic E-state index is 11.5. The second-order valence-corrected chi connectivity index (χ2v) is 4.76. The first-order valence-electron chi connectivity index (χ1n) is 5.69. The average Bonchev–Trinajstić information content (AvgIpc) is 2.36. The van der Waals surface area contributed by atoms with Gasteiger partial charge in [-0.15, -0.1) is 0 Å². The second-order valence-electron chi connectivity index (χ2n) is 4.76. The number of esters is 1. The van der Waals surface area contributed by atoms with E-state index in [1.54, 1.807) is 6.20 Å². The third-order valence-corrected chi connectivity index (χ3v) is 2.77. The van der Waals surface area contributed by atoms with Crippen LogP contribution in [0.4, 0.5) is 0 Å². The maximum Gasteiger partial charge on any atom is 0.312 e. The summed E-state index contributed by atoms with van der Waals surface area (Å²) in [6.07, 6.45) is 3.57. The van der Waals surface area contributed by atoms with Crippen LogP contribution >= 0.6 is 0 Å². The minimum absolute atomic E-state index is 0.160. The molecule has 1 rings (SSSR count). The van der Waals surface area contributed by atoms with Crippen molar-refractivity contribution in [3.63, 3.8) is 0 Å². The minimum Gasteiger partial charge on any atom is -0.469 e. The Kier molecular flexibility index (Phi) is 4.63. The second kappa shape index (κ2) is 5.77. The molecule has 0 spiro atoms. The molecule has 0 radical (unpaired) electrons. The van der Waals surface area contributed by atoms with Crippen molar-refractivity contribution >= 4 is 5.97 Å². The van der Waals surface area contributed by atoms with E-state index in [0.717, 1.165) is 5.56 Å². The van der Waals surface area contributed by atoms with Gasteiger partial charge in [0, 0.05) is 25.0 Å². The molecule has 0 fully saturated rings. The lowest BCUT2D eigenvalue weighted by atomic mass is 9.93. The molecule has 0 saturated carbocycles. The van der Waals surface area contributed by atoms with Gasteiger partial charge in [0.15, 0.2) is 0 Å².